The first-order valence-corrected chi connectivity index (χ1v) is 11.3. The lowest BCUT2D eigenvalue weighted by atomic mass is 9.91. The van der Waals surface area contributed by atoms with Gasteiger partial charge in [-0.1, -0.05) is 66.7 Å². The van der Waals surface area contributed by atoms with Crippen LogP contribution in [-0.4, -0.2) is 15.9 Å². The number of carbonyl (C=O) groups is 1. The number of amides is 1. The van der Waals surface area contributed by atoms with Crippen molar-refractivity contribution in [2.45, 2.75) is 32.1 Å². The molecule has 164 valence electrons. The minimum atomic E-state index is -0.0830. The van der Waals surface area contributed by atoms with Gasteiger partial charge >= 0.3 is 0 Å². The molecule has 4 aromatic rings. The average Bonchev–Trinajstić information content (AvgIpc) is 2.83. The number of fused-ring (bicyclic) bond motifs is 3. The Kier molecular flexibility index (Phi) is 5.85. The van der Waals surface area contributed by atoms with Gasteiger partial charge in [-0.05, 0) is 54.5 Å². The molecule has 0 spiro atoms. The van der Waals surface area contributed by atoms with Crippen molar-refractivity contribution in [1.29, 1.82) is 0 Å². The van der Waals surface area contributed by atoms with Crippen molar-refractivity contribution in [1.82, 2.24) is 9.97 Å². The number of nitrogens with zero attached hydrogens (tertiary/aromatic N) is 2. The van der Waals surface area contributed by atoms with Crippen LogP contribution in [0.25, 0.3) is 11.3 Å². The Morgan fingerprint density at radius 3 is 2.33 bits per heavy atom. The molecule has 33 heavy (non-hydrogen) atoms. The highest BCUT2D eigenvalue weighted by atomic mass is 16.1. The average molecular weight is 435 g/mol. The van der Waals surface area contributed by atoms with E-state index in [1.54, 1.807) is 0 Å². The van der Waals surface area contributed by atoms with E-state index in [4.69, 9.17) is 15.7 Å². The quantitative estimate of drug-likeness (QED) is 0.428. The first-order chi connectivity index (χ1) is 16.2. The van der Waals surface area contributed by atoms with Crippen LogP contribution in [0.1, 0.15) is 28.1 Å². The molecule has 0 bridgehead atoms. The number of aromatic nitrogens is 2. The van der Waals surface area contributed by atoms with Gasteiger partial charge in [0.05, 0.1) is 23.5 Å². The summed E-state index contributed by atoms with van der Waals surface area (Å²) >= 11 is 0. The predicted octanol–water partition coefficient (Wildman–Crippen LogP) is 4.79. The Labute approximate surface area is 193 Å². The summed E-state index contributed by atoms with van der Waals surface area (Å²) in [6.45, 7) is 0. The Balaban J connectivity index is 1.47. The van der Waals surface area contributed by atoms with Crippen LogP contribution in [0.2, 0.25) is 0 Å². The van der Waals surface area contributed by atoms with Gasteiger partial charge in [-0.2, -0.15) is 0 Å². The lowest BCUT2D eigenvalue weighted by Crippen LogP contribution is -2.20. The van der Waals surface area contributed by atoms with Gasteiger partial charge in [0.2, 0.25) is 5.91 Å². The molecule has 5 heteroatoms. The van der Waals surface area contributed by atoms with Crippen LogP contribution in [0.3, 0.4) is 0 Å². The van der Waals surface area contributed by atoms with E-state index in [-0.39, 0.29) is 5.91 Å². The lowest BCUT2D eigenvalue weighted by Gasteiger charge is -2.21. The molecule has 1 heterocycles. The zero-order chi connectivity index (χ0) is 22.6. The standard InChI is InChI=1S/C28H26N4O/c29-22-13-14-23-21(18-22)12-16-24-27(23)30-25(15-11-19-7-3-1-4-8-19)28(31-24)32-26(33)17-20-9-5-2-6-10-20/h1-10,13-14,18H,11-12,15-17,29H2,(H,31,32,33). The maximum Gasteiger partial charge on any atom is 0.229 e. The summed E-state index contributed by atoms with van der Waals surface area (Å²) in [6.07, 6.45) is 3.46. The van der Waals surface area contributed by atoms with Gasteiger partial charge in [0.15, 0.2) is 5.82 Å². The highest BCUT2D eigenvalue weighted by Crippen LogP contribution is 2.34. The molecule has 1 aliphatic rings. The molecular formula is C28H26N4O. The monoisotopic (exact) mass is 434 g/mol. The van der Waals surface area contributed by atoms with Crippen LogP contribution in [0, 0.1) is 0 Å². The lowest BCUT2D eigenvalue weighted by molar-refractivity contribution is -0.115. The minimum absolute atomic E-state index is 0.0830. The summed E-state index contributed by atoms with van der Waals surface area (Å²) in [5, 5.41) is 3.05. The van der Waals surface area contributed by atoms with E-state index < -0.39 is 0 Å². The molecule has 0 saturated heterocycles. The molecule has 3 aromatic carbocycles. The second-order valence-corrected chi connectivity index (χ2v) is 8.43. The zero-order valence-corrected chi connectivity index (χ0v) is 18.4. The Morgan fingerprint density at radius 2 is 1.58 bits per heavy atom. The van der Waals surface area contributed by atoms with Crippen LogP contribution in [0.5, 0.6) is 0 Å². The molecule has 1 aromatic heterocycles. The summed E-state index contributed by atoms with van der Waals surface area (Å²) in [5.41, 5.74) is 13.9. The fraction of sp³-hybridized carbons (Fsp3) is 0.179. The molecule has 0 saturated carbocycles. The number of nitrogens with one attached hydrogen (secondary N) is 1. The molecular weight excluding hydrogens is 408 g/mol. The van der Waals surface area contributed by atoms with Crippen molar-refractivity contribution in [2.75, 3.05) is 11.1 Å². The van der Waals surface area contributed by atoms with Gasteiger partial charge in [-0.3, -0.25) is 4.79 Å². The van der Waals surface area contributed by atoms with Crippen LogP contribution in [0.4, 0.5) is 11.5 Å². The van der Waals surface area contributed by atoms with Crippen molar-refractivity contribution >= 4 is 17.4 Å². The number of carbonyl (C=O) groups excluding carboxylic acids is 1. The topological polar surface area (TPSA) is 80.9 Å². The maximum absolute atomic E-state index is 12.8. The van der Waals surface area contributed by atoms with Crippen LogP contribution >= 0.6 is 0 Å². The highest BCUT2D eigenvalue weighted by molar-refractivity contribution is 5.92. The van der Waals surface area contributed by atoms with E-state index in [2.05, 4.69) is 17.4 Å². The van der Waals surface area contributed by atoms with E-state index >= 15 is 0 Å². The molecule has 1 amide bonds. The first-order valence-electron chi connectivity index (χ1n) is 11.3. The fourth-order valence-corrected chi connectivity index (χ4v) is 4.34. The number of hydrogen-bond acceptors (Lipinski definition) is 4. The fourth-order valence-electron chi connectivity index (χ4n) is 4.34. The summed E-state index contributed by atoms with van der Waals surface area (Å²) in [7, 11) is 0. The Morgan fingerprint density at radius 1 is 0.848 bits per heavy atom. The third-order valence-corrected chi connectivity index (χ3v) is 6.01. The second-order valence-electron chi connectivity index (χ2n) is 8.43. The largest absolute Gasteiger partial charge is 0.399 e. The molecule has 5 nitrogen and oxygen atoms in total. The summed E-state index contributed by atoms with van der Waals surface area (Å²) in [4.78, 5) is 22.8. The minimum Gasteiger partial charge on any atom is -0.399 e. The second kappa shape index (κ2) is 9.25. The van der Waals surface area contributed by atoms with Gasteiger partial charge in [0.25, 0.3) is 0 Å². The van der Waals surface area contributed by atoms with Crippen molar-refractivity contribution in [3.63, 3.8) is 0 Å². The number of benzene rings is 3. The third-order valence-electron chi connectivity index (χ3n) is 6.01. The smallest absolute Gasteiger partial charge is 0.229 e. The van der Waals surface area contributed by atoms with E-state index in [0.717, 1.165) is 53.2 Å². The molecule has 0 unspecified atom stereocenters. The maximum atomic E-state index is 12.8. The summed E-state index contributed by atoms with van der Waals surface area (Å²) in [5.74, 6) is 0.491. The number of nitrogen functional groups attached to an aromatic ring is 1. The number of aryl methyl sites for hydroxylation is 4. The van der Waals surface area contributed by atoms with E-state index in [9.17, 15) is 4.79 Å². The van der Waals surface area contributed by atoms with Gasteiger partial charge in [0, 0.05) is 11.3 Å². The van der Waals surface area contributed by atoms with E-state index in [1.807, 2.05) is 66.7 Å². The number of rotatable bonds is 6. The van der Waals surface area contributed by atoms with Gasteiger partial charge < -0.3 is 11.1 Å². The molecule has 0 radical (unpaired) electrons. The van der Waals surface area contributed by atoms with Crippen LogP contribution < -0.4 is 11.1 Å². The van der Waals surface area contributed by atoms with Crippen LogP contribution in [-0.2, 0) is 36.9 Å². The molecule has 0 aliphatic heterocycles. The zero-order valence-electron chi connectivity index (χ0n) is 18.4. The van der Waals surface area contributed by atoms with Gasteiger partial charge in [-0.25, -0.2) is 9.97 Å². The first kappa shape index (κ1) is 20.9. The number of hydrogen-bond donors (Lipinski definition) is 2. The molecule has 0 atom stereocenters. The molecule has 5 rings (SSSR count). The number of anilines is 2. The molecule has 1 aliphatic carbocycles. The number of nitrogens with two attached hydrogens (primary N) is 1. The summed E-state index contributed by atoms with van der Waals surface area (Å²) in [6, 6.07) is 26.0. The highest BCUT2D eigenvalue weighted by Gasteiger charge is 2.22. The van der Waals surface area contributed by atoms with Crippen molar-refractivity contribution in [3.05, 3.63) is 107 Å². The van der Waals surface area contributed by atoms with E-state index in [1.165, 1.54) is 11.1 Å². The predicted molar refractivity (Wildman–Crippen MR) is 132 cm³/mol. The Bertz CT molecular complexity index is 1290. The SMILES string of the molecule is Nc1ccc2c(c1)CCc1nc(NC(=O)Cc3ccccc3)c(CCc3ccccc3)nc1-2. The van der Waals surface area contributed by atoms with Gasteiger partial charge in [-0.15, -0.1) is 0 Å². The van der Waals surface area contributed by atoms with Gasteiger partial charge in [0.1, 0.15) is 0 Å². The van der Waals surface area contributed by atoms with Crippen molar-refractivity contribution in [3.8, 4) is 11.3 Å². The van der Waals surface area contributed by atoms with E-state index in [0.29, 0.717) is 18.7 Å². The van der Waals surface area contributed by atoms with Crippen LogP contribution in [0.15, 0.2) is 78.9 Å². The third kappa shape index (κ3) is 4.77. The van der Waals surface area contributed by atoms with Crippen molar-refractivity contribution in [2.24, 2.45) is 0 Å². The molecule has 0 fully saturated rings. The molecule has 3 N–H and O–H groups in total. The summed E-state index contributed by atoms with van der Waals surface area (Å²) < 4.78 is 0. The normalized spacial score (nSPS) is 12.0. The van der Waals surface area contributed by atoms with Crippen molar-refractivity contribution < 1.29 is 4.79 Å². The Hall–Kier alpha value is -3.99.